The van der Waals surface area contributed by atoms with E-state index >= 15 is 0 Å². The monoisotopic (exact) mass is 266 g/mol. The number of hydrogen-bond donors (Lipinski definition) is 1. The van der Waals surface area contributed by atoms with Crippen LogP contribution in [0, 0.1) is 0 Å². The molecule has 5 heteroatoms. The van der Waals surface area contributed by atoms with E-state index in [9.17, 15) is 14.7 Å². The van der Waals surface area contributed by atoms with Crippen LogP contribution in [-0.2, 0) is 9.53 Å². The third-order valence-corrected chi connectivity index (χ3v) is 2.63. The summed E-state index contributed by atoms with van der Waals surface area (Å²) < 4.78 is 9.70. The van der Waals surface area contributed by atoms with Crippen molar-refractivity contribution in [3.63, 3.8) is 0 Å². The van der Waals surface area contributed by atoms with Gasteiger partial charge in [-0.05, 0) is 38.1 Å². The van der Waals surface area contributed by atoms with Gasteiger partial charge in [-0.1, -0.05) is 0 Å². The van der Waals surface area contributed by atoms with Crippen LogP contribution in [0.4, 0.5) is 0 Å². The Morgan fingerprint density at radius 3 is 2.32 bits per heavy atom. The molecule has 0 heterocycles. The molecule has 1 rings (SSSR count). The van der Waals surface area contributed by atoms with Crippen molar-refractivity contribution >= 4 is 11.8 Å². The van der Waals surface area contributed by atoms with E-state index in [4.69, 9.17) is 9.47 Å². The predicted octanol–water partition coefficient (Wildman–Crippen LogP) is 1.58. The number of hydrogen-bond acceptors (Lipinski definition) is 5. The van der Waals surface area contributed by atoms with E-state index in [0.29, 0.717) is 11.3 Å². The number of esters is 1. The van der Waals surface area contributed by atoms with Crippen LogP contribution in [0.25, 0.3) is 0 Å². The van der Waals surface area contributed by atoms with Crippen LogP contribution >= 0.6 is 0 Å². The molecule has 0 aliphatic rings. The minimum atomic E-state index is -1.81. The molecular weight excluding hydrogens is 248 g/mol. The second-order valence-corrected chi connectivity index (χ2v) is 4.32. The maximum atomic E-state index is 12.0. The van der Waals surface area contributed by atoms with Crippen molar-refractivity contribution < 1.29 is 24.2 Å². The molecule has 0 aliphatic heterocycles. The van der Waals surface area contributed by atoms with Crippen molar-refractivity contribution in [2.75, 3.05) is 13.7 Å². The van der Waals surface area contributed by atoms with E-state index in [-0.39, 0.29) is 18.8 Å². The van der Waals surface area contributed by atoms with Gasteiger partial charge in [-0.3, -0.25) is 4.79 Å². The lowest BCUT2D eigenvalue weighted by Gasteiger charge is -2.20. The molecule has 0 amide bonds. The largest absolute Gasteiger partial charge is 0.497 e. The first-order valence-corrected chi connectivity index (χ1v) is 5.97. The normalized spacial score (nSPS) is 13.5. The highest BCUT2D eigenvalue weighted by molar-refractivity contribution is 5.99. The van der Waals surface area contributed by atoms with E-state index in [1.54, 1.807) is 31.2 Å². The van der Waals surface area contributed by atoms with Crippen molar-refractivity contribution in [3.8, 4) is 5.75 Å². The third-order valence-electron chi connectivity index (χ3n) is 2.63. The number of methoxy groups -OCH3 is 1. The predicted molar refractivity (Wildman–Crippen MR) is 69.2 cm³/mol. The molecule has 1 aromatic rings. The first kappa shape index (κ1) is 15.2. The summed E-state index contributed by atoms with van der Waals surface area (Å²) in [6, 6.07) is 6.46. The number of benzene rings is 1. The van der Waals surface area contributed by atoms with Crippen LogP contribution in [0.2, 0.25) is 0 Å². The molecule has 0 spiro atoms. The highest BCUT2D eigenvalue weighted by atomic mass is 16.5. The van der Waals surface area contributed by atoms with Crippen molar-refractivity contribution in [3.05, 3.63) is 29.8 Å². The van der Waals surface area contributed by atoms with E-state index in [0.717, 1.165) is 0 Å². The molecule has 0 saturated heterocycles. The Hall–Kier alpha value is -1.88. The molecule has 0 fully saturated rings. The number of aliphatic hydroxyl groups is 1. The van der Waals surface area contributed by atoms with Crippen molar-refractivity contribution in [1.29, 1.82) is 0 Å². The number of rotatable bonds is 6. The zero-order valence-corrected chi connectivity index (χ0v) is 11.3. The molecule has 1 unspecified atom stereocenters. The summed E-state index contributed by atoms with van der Waals surface area (Å²) in [5, 5.41) is 9.93. The molecule has 19 heavy (non-hydrogen) atoms. The second kappa shape index (κ2) is 6.33. The molecule has 1 N–H and O–H groups in total. The van der Waals surface area contributed by atoms with Gasteiger partial charge < -0.3 is 14.6 Å². The van der Waals surface area contributed by atoms with Gasteiger partial charge in [-0.2, -0.15) is 0 Å². The highest BCUT2D eigenvalue weighted by Gasteiger charge is 2.34. The van der Waals surface area contributed by atoms with Crippen LogP contribution in [0.5, 0.6) is 5.75 Å². The number of carbonyl (C=O) groups excluding carboxylic acids is 2. The van der Waals surface area contributed by atoms with Gasteiger partial charge in [0.15, 0.2) is 11.4 Å². The summed E-state index contributed by atoms with van der Waals surface area (Å²) in [6.45, 7) is 3.07. The number of carbonyl (C=O) groups is 2. The van der Waals surface area contributed by atoms with Gasteiger partial charge >= 0.3 is 5.97 Å². The zero-order valence-electron chi connectivity index (χ0n) is 11.3. The number of ketones is 1. The maximum absolute atomic E-state index is 12.0. The zero-order chi connectivity index (χ0) is 14.5. The number of Topliss-reactive ketones (excluding diaryl/α,β-unsaturated/α-hetero) is 1. The average Bonchev–Trinajstić information content (AvgIpc) is 2.38. The molecule has 0 aliphatic carbocycles. The van der Waals surface area contributed by atoms with Gasteiger partial charge in [0.2, 0.25) is 0 Å². The molecule has 0 bridgehead atoms. The van der Waals surface area contributed by atoms with Crippen LogP contribution < -0.4 is 4.74 Å². The highest BCUT2D eigenvalue weighted by Crippen LogP contribution is 2.18. The Balaban J connectivity index is 2.75. The van der Waals surface area contributed by atoms with Gasteiger partial charge in [-0.15, -0.1) is 0 Å². The minimum absolute atomic E-state index is 0.158. The summed E-state index contributed by atoms with van der Waals surface area (Å²) in [5.41, 5.74) is -1.40. The van der Waals surface area contributed by atoms with Gasteiger partial charge in [0.25, 0.3) is 0 Å². The van der Waals surface area contributed by atoms with Crippen LogP contribution in [0.15, 0.2) is 24.3 Å². The van der Waals surface area contributed by atoms with E-state index in [1.165, 1.54) is 14.0 Å². The first-order chi connectivity index (χ1) is 8.90. The van der Waals surface area contributed by atoms with Gasteiger partial charge in [0.1, 0.15) is 5.75 Å². The SMILES string of the molecule is CCOC(=O)C(C)(O)CC(=O)c1ccc(OC)cc1. The molecule has 0 saturated carbocycles. The molecular formula is C14H18O5. The standard InChI is InChI=1S/C14H18O5/c1-4-19-13(16)14(2,17)9-12(15)10-5-7-11(18-3)8-6-10/h5-8,17H,4,9H2,1-3H3. The Morgan fingerprint density at radius 2 is 1.84 bits per heavy atom. The van der Waals surface area contributed by atoms with Gasteiger partial charge in [0.05, 0.1) is 20.1 Å². The fraction of sp³-hybridized carbons (Fsp3) is 0.429. The number of ether oxygens (including phenoxy) is 2. The van der Waals surface area contributed by atoms with Gasteiger partial charge in [0, 0.05) is 5.56 Å². The second-order valence-electron chi connectivity index (χ2n) is 4.32. The minimum Gasteiger partial charge on any atom is -0.497 e. The van der Waals surface area contributed by atoms with Crippen LogP contribution in [-0.4, -0.2) is 36.2 Å². The summed E-state index contributed by atoms with van der Waals surface area (Å²) in [6.07, 6.45) is -0.321. The van der Waals surface area contributed by atoms with Crippen molar-refractivity contribution in [2.45, 2.75) is 25.9 Å². The molecule has 5 nitrogen and oxygen atoms in total. The lowest BCUT2D eigenvalue weighted by atomic mass is 9.96. The van der Waals surface area contributed by atoms with E-state index < -0.39 is 11.6 Å². The molecule has 0 aromatic heterocycles. The lowest BCUT2D eigenvalue weighted by molar-refractivity contribution is -0.162. The summed E-state index contributed by atoms with van der Waals surface area (Å²) >= 11 is 0. The molecule has 1 aromatic carbocycles. The lowest BCUT2D eigenvalue weighted by Crippen LogP contribution is -2.39. The molecule has 0 radical (unpaired) electrons. The Morgan fingerprint density at radius 1 is 1.26 bits per heavy atom. The summed E-state index contributed by atoms with van der Waals surface area (Å²) in [5.74, 6) is -0.494. The fourth-order valence-corrected chi connectivity index (χ4v) is 1.55. The first-order valence-electron chi connectivity index (χ1n) is 5.97. The summed E-state index contributed by atoms with van der Waals surface area (Å²) in [7, 11) is 1.53. The Labute approximate surface area is 112 Å². The molecule has 104 valence electrons. The Bertz CT molecular complexity index is 447. The van der Waals surface area contributed by atoms with E-state index in [2.05, 4.69) is 0 Å². The van der Waals surface area contributed by atoms with Gasteiger partial charge in [-0.25, -0.2) is 4.79 Å². The smallest absolute Gasteiger partial charge is 0.338 e. The fourth-order valence-electron chi connectivity index (χ4n) is 1.55. The van der Waals surface area contributed by atoms with Crippen molar-refractivity contribution in [2.24, 2.45) is 0 Å². The third kappa shape index (κ3) is 4.06. The van der Waals surface area contributed by atoms with Crippen LogP contribution in [0.1, 0.15) is 30.6 Å². The van der Waals surface area contributed by atoms with Crippen molar-refractivity contribution in [1.82, 2.24) is 0 Å². The maximum Gasteiger partial charge on any atom is 0.338 e. The quantitative estimate of drug-likeness (QED) is 0.625. The molecule has 1 atom stereocenters. The van der Waals surface area contributed by atoms with Crippen LogP contribution in [0.3, 0.4) is 0 Å². The average molecular weight is 266 g/mol. The summed E-state index contributed by atoms with van der Waals surface area (Å²) in [4.78, 5) is 23.4. The Kier molecular flexibility index (Phi) is 5.06. The van der Waals surface area contributed by atoms with E-state index in [1.807, 2.05) is 0 Å². The topological polar surface area (TPSA) is 72.8 Å².